The van der Waals surface area contributed by atoms with Crippen molar-refractivity contribution in [3.05, 3.63) is 83.4 Å². The molecule has 1 N–H and O–H groups in total. The van der Waals surface area contributed by atoms with Gasteiger partial charge in [0.2, 0.25) is 0 Å². The normalized spacial score (nSPS) is 13.3. The number of ether oxygens (including phenoxy) is 1. The van der Waals surface area contributed by atoms with Crippen molar-refractivity contribution in [3.8, 4) is 5.75 Å². The molecule has 34 heavy (non-hydrogen) atoms. The fourth-order valence-electron chi connectivity index (χ4n) is 4.31. The molecule has 0 unspecified atom stereocenters. The van der Waals surface area contributed by atoms with E-state index in [1.165, 1.54) is 16.4 Å². The van der Waals surface area contributed by atoms with E-state index in [9.17, 15) is 13.2 Å². The van der Waals surface area contributed by atoms with E-state index in [1.54, 1.807) is 12.1 Å². The number of carbonyl (C=O) groups is 1. The Morgan fingerprint density at radius 3 is 2.29 bits per heavy atom. The van der Waals surface area contributed by atoms with Gasteiger partial charge in [-0.1, -0.05) is 50.2 Å². The van der Waals surface area contributed by atoms with Crippen LogP contribution in [-0.4, -0.2) is 27.5 Å². The lowest BCUT2D eigenvalue weighted by Gasteiger charge is -2.30. The Morgan fingerprint density at radius 1 is 0.941 bits per heavy atom. The molecular formula is C27H30N2O4S. The highest BCUT2D eigenvalue weighted by Gasteiger charge is 2.28. The molecule has 0 atom stereocenters. The van der Waals surface area contributed by atoms with Gasteiger partial charge in [-0.25, -0.2) is 8.42 Å². The van der Waals surface area contributed by atoms with Gasteiger partial charge in [-0.3, -0.25) is 9.10 Å². The molecule has 3 aromatic carbocycles. The van der Waals surface area contributed by atoms with Gasteiger partial charge in [0.15, 0.2) is 6.61 Å². The number of aryl methyl sites for hydroxylation is 3. The second-order valence-corrected chi connectivity index (χ2v) is 10.1. The summed E-state index contributed by atoms with van der Waals surface area (Å²) in [5.41, 5.74) is 4.80. The van der Waals surface area contributed by atoms with E-state index >= 15 is 0 Å². The molecule has 0 saturated heterocycles. The summed E-state index contributed by atoms with van der Waals surface area (Å²) in [6.07, 6.45) is 3.30. The standard InChI is InChI=1S/C27H30N2O4S/c1-3-20-10-7-11-21(4-2)27(20)28-26(30)19-33-23-14-16-24(17-15-23)34(31,32)29-18-8-12-22-9-5-6-13-25(22)29/h5-7,9-11,13-17H,3-4,8,12,18-19H2,1-2H3,(H,28,30). The fraction of sp³-hybridized carbons (Fsp3) is 0.296. The SMILES string of the molecule is CCc1cccc(CC)c1NC(=O)COc1ccc(S(=O)(=O)N2CCCc3ccccc32)cc1. The van der Waals surface area contributed by atoms with Crippen molar-refractivity contribution in [1.29, 1.82) is 0 Å². The molecule has 0 fully saturated rings. The van der Waals surface area contributed by atoms with Gasteiger partial charge in [-0.05, 0) is 72.7 Å². The number of anilines is 2. The first-order valence-electron chi connectivity index (χ1n) is 11.7. The zero-order valence-corrected chi connectivity index (χ0v) is 20.4. The maximum atomic E-state index is 13.3. The topological polar surface area (TPSA) is 75.7 Å². The van der Waals surface area contributed by atoms with Crippen molar-refractivity contribution in [1.82, 2.24) is 0 Å². The molecule has 0 aromatic heterocycles. The van der Waals surface area contributed by atoms with Gasteiger partial charge in [0.05, 0.1) is 10.6 Å². The lowest BCUT2D eigenvalue weighted by molar-refractivity contribution is -0.118. The Balaban J connectivity index is 1.43. The molecule has 0 saturated carbocycles. The van der Waals surface area contributed by atoms with Crippen molar-refractivity contribution in [2.45, 2.75) is 44.4 Å². The average Bonchev–Trinajstić information content (AvgIpc) is 2.87. The summed E-state index contributed by atoms with van der Waals surface area (Å²) in [4.78, 5) is 12.7. The maximum absolute atomic E-state index is 13.3. The van der Waals surface area contributed by atoms with E-state index in [1.807, 2.05) is 42.5 Å². The van der Waals surface area contributed by atoms with Crippen LogP contribution in [0.2, 0.25) is 0 Å². The van der Waals surface area contributed by atoms with E-state index < -0.39 is 10.0 Å². The predicted octanol–water partition coefficient (Wildman–Crippen LogP) is 4.97. The molecule has 0 spiro atoms. The fourth-order valence-corrected chi connectivity index (χ4v) is 5.85. The zero-order valence-electron chi connectivity index (χ0n) is 19.6. The number of nitrogens with zero attached hydrogens (tertiary/aromatic N) is 1. The van der Waals surface area contributed by atoms with Gasteiger partial charge in [0.25, 0.3) is 15.9 Å². The van der Waals surface area contributed by atoms with Gasteiger partial charge in [-0.2, -0.15) is 0 Å². The molecule has 0 aliphatic carbocycles. The highest BCUT2D eigenvalue weighted by molar-refractivity contribution is 7.92. The molecule has 1 aliphatic heterocycles. The van der Waals surface area contributed by atoms with Crippen LogP contribution in [-0.2, 0) is 34.1 Å². The van der Waals surface area contributed by atoms with Crippen molar-refractivity contribution in [3.63, 3.8) is 0 Å². The van der Waals surface area contributed by atoms with Gasteiger partial charge >= 0.3 is 0 Å². The third-order valence-corrected chi connectivity index (χ3v) is 7.94. The molecule has 6 nitrogen and oxygen atoms in total. The van der Waals surface area contributed by atoms with Crippen LogP contribution < -0.4 is 14.4 Å². The van der Waals surface area contributed by atoms with E-state index in [4.69, 9.17) is 4.74 Å². The number of nitrogens with one attached hydrogen (secondary N) is 1. The van der Waals surface area contributed by atoms with Crippen LogP contribution in [0.1, 0.15) is 37.0 Å². The zero-order chi connectivity index (χ0) is 24.1. The first-order chi connectivity index (χ1) is 16.4. The molecule has 1 aliphatic rings. The van der Waals surface area contributed by atoms with Gasteiger partial charge < -0.3 is 10.1 Å². The minimum Gasteiger partial charge on any atom is -0.484 e. The van der Waals surface area contributed by atoms with E-state index in [0.717, 1.165) is 53.7 Å². The average molecular weight is 479 g/mol. The second-order valence-electron chi connectivity index (χ2n) is 8.28. The number of amides is 1. The molecular weight excluding hydrogens is 448 g/mol. The minimum absolute atomic E-state index is 0.160. The molecule has 4 rings (SSSR count). The van der Waals surface area contributed by atoms with Crippen molar-refractivity contribution in [2.24, 2.45) is 0 Å². The van der Waals surface area contributed by atoms with Crippen LogP contribution in [0.3, 0.4) is 0 Å². The Bertz CT molecular complexity index is 1250. The third-order valence-electron chi connectivity index (χ3n) is 6.11. The summed E-state index contributed by atoms with van der Waals surface area (Å²) in [6.45, 7) is 4.40. The van der Waals surface area contributed by atoms with Gasteiger partial charge in [0.1, 0.15) is 5.75 Å². The van der Waals surface area contributed by atoms with Crippen LogP contribution in [0.25, 0.3) is 0 Å². The number of rotatable bonds is 8. The van der Waals surface area contributed by atoms with Crippen LogP contribution in [0, 0.1) is 0 Å². The number of fused-ring (bicyclic) bond motifs is 1. The van der Waals surface area contributed by atoms with Gasteiger partial charge in [0, 0.05) is 12.2 Å². The smallest absolute Gasteiger partial charge is 0.264 e. The number of para-hydroxylation sites is 2. The summed E-state index contributed by atoms with van der Waals surface area (Å²) < 4.78 is 33.7. The first kappa shape index (κ1) is 23.8. The van der Waals surface area contributed by atoms with Crippen LogP contribution >= 0.6 is 0 Å². The second kappa shape index (κ2) is 10.3. The summed E-state index contributed by atoms with van der Waals surface area (Å²) in [7, 11) is -3.68. The monoisotopic (exact) mass is 478 g/mol. The molecule has 1 amide bonds. The Morgan fingerprint density at radius 2 is 1.62 bits per heavy atom. The van der Waals surface area contributed by atoms with E-state index in [2.05, 4.69) is 19.2 Å². The van der Waals surface area contributed by atoms with E-state index in [-0.39, 0.29) is 17.4 Å². The molecule has 1 heterocycles. The number of benzene rings is 3. The summed E-state index contributed by atoms with van der Waals surface area (Å²) >= 11 is 0. The minimum atomic E-state index is -3.68. The Labute approximate surface area is 201 Å². The van der Waals surface area contributed by atoms with Crippen LogP contribution in [0.4, 0.5) is 11.4 Å². The quantitative estimate of drug-likeness (QED) is 0.496. The van der Waals surface area contributed by atoms with Crippen LogP contribution in [0.5, 0.6) is 5.75 Å². The summed E-state index contributed by atoms with van der Waals surface area (Å²) in [5.74, 6) is 0.185. The van der Waals surface area contributed by atoms with Crippen molar-refractivity contribution in [2.75, 3.05) is 22.8 Å². The number of hydrogen-bond acceptors (Lipinski definition) is 4. The van der Waals surface area contributed by atoms with Gasteiger partial charge in [-0.15, -0.1) is 0 Å². The highest BCUT2D eigenvalue weighted by atomic mass is 32.2. The number of hydrogen-bond donors (Lipinski definition) is 1. The largest absolute Gasteiger partial charge is 0.484 e. The molecule has 0 radical (unpaired) electrons. The van der Waals surface area contributed by atoms with Crippen molar-refractivity contribution >= 4 is 27.3 Å². The summed E-state index contributed by atoms with van der Waals surface area (Å²) in [5, 5.41) is 2.97. The van der Waals surface area contributed by atoms with Crippen LogP contribution in [0.15, 0.2) is 71.6 Å². The Kier molecular flexibility index (Phi) is 7.22. The maximum Gasteiger partial charge on any atom is 0.264 e. The number of sulfonamides is 1. The lowest BCUT2D eigenvalue weighted by Crippen LogP contribution is -2.35. The molecule has 0 bridgehead atoms. The lowest BCUT2D eigenvalue weighted by atomic mass is 10.0. The predicted molar refractivity (Wildman–Crippen MR) is 135 cm³/mol. The summed E-state index contributed by atoms with van der Waals surface area (Å²) in [6, 6.07) is 19.9. The van der Waals surface area contributed by atoms with E-state index in [0.29, 0.717) is 12.3 Å². The first-order valence-corrected chi connectivity index (χ1v) is 13.1. The Hall–Kier alpha value is -3.32. The van der Waals surface area contributed by atoms with Crippen molar-refractivity contribution < 1.29 is 17.9 Å². The highest BCUT2D eigenvalue weighted by Crippen LogP contribution is 2.32. The third kappa shape index (κ3) is 4.94. The molecule has 3 aromatic rings. The number of carbonyl (C=O) groups excluding carboxylic acids is 1. The molecule has 178 valence electrons. The molecule has 7 heteroatoms.